The monoisotopic (exact) mass is 253 g/mol. The highest BCUT2D eigenvalue weighted by atomic mass is 32.1. The van der Waals surface area contributed by atoms with Crippen LogP contribution in [0.25, 0.3) is 10.7 Å². The molecule has 0 unspecified atom stereocenters. The molecule has 5 nitrogen and oxygen atoms in total. The van der Waals surface area contributed by atoms with Gasteiger partial charge in [0, 0.05) is 0 Å². The lowest BCUT2D eigenvalue weighted by molar-refractivity contribution is 0.0525. The molecule has 2 aromatic rings. The molecule has 0 saturated carbocycles. The number of aromatic nitrogens is 3. The molecule has 0 N–H and O–H groups in total. The predicted octanol–water partition coefficient (Wildman–Crippen LogP) is 1.92. The zero-order chi connectivity index (χ0) is 12.3. The second-order valence-corrected chi connectivity index (χ2v) is 3.97. The van der Waals surface area contributed by atoms with Gasteiger partial charge in [-0.25, -0.2) is 9.18 Å². The molecule has 0 amide bonds. The van der Waals surface area contributed by atoms with Crippen molar-refractivity contribution in [3.8, 4) is 10.7 Å². The molecule has 0 bridgehead atoms. The van der Waals surface area contributed by atoms with Gasteiger partial charge >= 0.3 is 5.97 Å². The third-order valence-corrected chi connectivity index (χ3v) is 2.75. The highest BCUT2D eigenvalue weighted by Gasteiger charge is 2.15. The number of hydrogen-bond donors (Lipinski definition) is 0. The quantitative estimate of drug-likeness (QED) is 0.782. The van der Waals surface area contributed by atoms with Crippen LogP contribution in [0, 0.1) is 5.82 Å². The summed E-state index contributed by atoms with van der Waals surface area (Å²) in [5.41, 5.74) is 0.472. The predicted molar refractivity (Wildman–Crippen MR) is 59.1 cm³/mol. The molecule has 0 spiro atoms. The number of carbonyl (C=O) groups excluding carboxylic acids is 1. The van der Waals surface area contributed by atoms with E-state index in [2.05, 4.69) is 15.2 Å². The second-order valence-electron chi connectivity index (χ2n) is 2.99. The first-order valence-corrected chi connectivity index (χ1v) is 5.65. The first-order valence-electron chi connectivity index (χ1n) is 4.83. The molecule has 7 heteroatoms. The van der Waals surface area contributed by atoms with Crippen molar-refractivity contribution in [2.45, 2.75) is 6.92 Å². The Labute approximate surface area is 100 Å². The van der Waals surface area contributed by atoms with E-state index in [4.69, 9.17) is 4.74 Å². The molecule has 0 fully saturated rings. The number of halogens is 1. The Hall–Kier alpha value is -1.89. The summed E-state index contributed by atoms with van der Waals surface area (Å²) in [6, 6.07) is 2.75. The summed E-state index contributed by atoms with van der Waals surface area (Å²) in [5.74, 6) is -0.942. The highest BCUT2D eigenvalue weighted by molar-refractivity contribution is 7.16. The minimum Gasteiger partial charge on any atom is -0.461 e. The Balaban J connectivity index is 2.23. The van der Waals surface area contributed by atoms with Crippen LogP contribution in [-0.2, 0) is 4.74 Å². The van der Waals surface area contributed by atoms with E-state index in [1.807, 2.05) is 0 Å². The fraction of sp³-hybridized carbons (Fsp3) is 0.200. The summed E-state index contributed by atoms with van der Waals surface area (Å²) < 4.78 is 17.5. The number of ether oxygens (including phenoxy) is 1. The van der Waals surface area contributed by atoms with Gasteiger partial charge in [0.1, 0.15) is 11.5 Å². The van der Waals surface area contributed by atoms with Crippen LogP contribution in [0.1, 0.15) is 16.7 Å². The second kappa shape index (κ2) is 4.96. The molecule has 0 radical (unpaired) electrons. The van der Waals surface area contributed by atoms with Crippen molar-refractivity contribution in [1.29, 1.82) is 0 Å². The van der Waals surface area contributed by atoms with Crippen LogP contribution in [0.4, 0.5) is 4.39 Å². The van der Waals surface area contributed by atoms with Gasteiger partial charge in [0.05, 0.1) is 12.8 Å². The van der Waals surface area contributed by atoms with Crippen molar-refractivity contribution < 1.29 is 13.9 Å². The van der Waals surface area contributed by atoms with Gasteiger partial charge < -0.3 is 4.74 Å². The summed E-state index contributed by atoms with van der Waals surface area (Å²) >= 11 is 1.06. The van der Waals surface area contributed by atoms with Gasteiger partial charge in [0.15, 0.2) is 5.01 Å². The molecule has 0 saturated heterocycles. The van der Waals surface area contributed by atoms with E-state index in [9.17, 15) is 9.18 Å². The zero-order valence-electron chi connectivity index (χ0n) is 8.88. The van der Waals surface area contributed by atoms with Crippen LogP contribution in [0.15, 0.2) is 18.3 Å². The van der Waals surface area contributed by atoms with E-state index in [0.717, 1.165) is 17.5 Å². The third-order valence-electron chi connectivity index (χ3n) is 1.82. The van der Waals surface area contributed by atoms with Crippen molar-refractivity contribution in [3.05, 3.63) is 29.2 Å². The molecule has 2 aromatic heterocycles. The highest BCUT2D eigenvalue weighted by Crippen LogP contribution is 2.21. The topological polar surface area (TPSA) is 65.0 Å². The first kappa shape index (κ1) is 11.6. The molecule has 2 heterocycles. The Bertz CT molecular complexity index is 527. The van der Waals surface area contributed by atoms with E-state index in [1.165, 1.54) is 12.1 Å². The Kier molecular flexibility index (Phi) is 3.38. The maximum Gasteiger partial charge on any atom is 0.369 e. The Morgan fingerprint density at radius 3 is 2.94 bits per heavy atom. The molecule has 0 aliphatic rings. The van der Waals surface area contributed by atoms with Gasteiger partial charge in [-0.2, -0.15) is 0 Å². The molecular weight excluding hydrogens is 245 g/mol. The molecule has 0 aliphatic heterocycles. The Morgan fingerprint density at radius 2 is 2.29 bits per heavy atom. The molecule has 0 aromatic carbocycles. The van der Waals surface area contributed by atoms with Crippen LogP contribution in [0.5, 0.6) is 0 Å². The summed E-state index contributed by atoms with van der Waals surface area (Å²) in [6.45, 7) is 1.99. The van der Waals surface area contributed by atoms with E-state index >= 15 is 0 Å². The molecule has 0 atom stereocenters. The van der Waals surface area contributed by atoms with Crippen molar-refractivity contribution in [3.63, 3.8) is 0 Å². The van der Waals surface area contributed by atoms with Gasteiger partial charge in [0.2, 0.25) is 5.01 Å². The fourth-order valence-corrected chi connectivity index (χ4v) is 1.82. The van der Waals surface area contributed by atoms with Crippen LogP contribution < -0.4 is 0 Å². The first-order chi connectivity index (χ1) is 8.20. The van der Waals surface area contributed by atoms with Gasteiger partial charge in [-0.15, -0.1) is 10.2 Å². The number of carbonyl (C=O) groups is 1. The molecule has 0 aliphatic carbocycles. The fourth-order valence-electron chi connectivity index (χ4n) is 1.10. The average Bonchev–Trinajstić information content (AvgIpc) is 2.80. The lowest BCUT2D eigenvalue weighted by Gasteiger charge is -1.94. The number of rotatable bonds is 3. The standard InChI is InChI=1S/C10H8FN3O2S/c1-2-16-10(15)9-14-13-8(17-9)7-4-3-6(11)5-12-7/h3-5H,2H2,1H3. The van der Waals surface area contributed by atoms with Crippen LogP contribution >= 0.6 is 11.3 Å². The zero-order valence-corrected chi connectivity index (χ0v) is 9.70. The van der Waals surface area contributed by atoms with Gasteiger partial charge in [-0.05, 0) is 19.1 Å². The van der Waals surface area contributed by atoms with Gasteiger partial charge in [-0.3, -0.25) is 4.98 Å². The minimum absolute atomic E-state index is 0.160. The maximum absolute atomic E-state index is 12.7. The van der Waals surface area contributed by atoms with Crippen molar-refractivity contribution >= 4 is 17.3 Å². The summed E-state index contributed by atoms with van der Waals surface area (Å²) in [6.07, 6.45) is 1.08. The number of nitrogens with zero attached hydrogens (tertiary/aromatic N) is 3. The van der Waals surface area contributed by atoms with Gasteiger partial charge in [-0.1, -0.05) is 11.3 Å². The molecule has 88 valence electrons. The lowest BCUT2D eigenvalue weighted by Crippen LogP contribution is -2.03. The number of pyridine rings is 1. The van der Waals surface area contributed by atoms with Gasteiger partial charge in [0.25, 0.3) is 0 Å². The van der Waals surface area contributed by atoms with Crippen LogP contribution in [0.3, 0.4) is 0 Å². The smallest absolute Gasteiger partial charge is 0.369 e. The maximum atomic E-state index is 12.7. The minimum atomic E-state index is -0.515. The summed E-state index contributed by atoms with van der Waals surface area (Å²) in [5, 5.41) is 8.11. The van der Waals surface area contributed by atoms with Crippen LogP contribution in [0.2, 0.25) is 0 Å². The molecule has 2 rings (SSSR count). The summed E-state index contributed by atoms with van der Waals surface area (Å²) in [4.78, 5) is 15.2. The van der Waals surface area contributed by atoms with E-state index in [-0.39, 0.29) is 11.6 Å². The van der Waals surface area contributed by atoms with Crippen LogP contribution in [-0.4, -0.2) is 27.8 Å². The van der Waals surface area contributed by atoms with Crippen molar-refractivity contribution in [2.24, 2.45) is 0 Å². The Morgan fingerprint density at radius 1 is 1.47 bits per heavy atom. The van der Waals surface area contributed by atoms with E-state index < -0.39 is 11.8 Å². The van der Waals surface area contributed by atoms with Crippen molar-refractivity contribution in [1.82, 2.24) is 15.2 Å². The molecular formula is C10H8FN3O2S. The normalized spacial score (nSPS) is 10.2. The third kappa shape index (κ3) is 2.62. The lowest BCUT2D eigenvalue weighted by atomic mass is 10.4. The van der Waals surface area contributed by atoms with E-state index in [0.29, 0.717) is 10.7 Å². The van der Waals surface area contributed by atoms with E-state index in [1.54, 1.807) is 6.92 Å². The number of esters is 1. The molecule has 17 heavy (non-hydrogen) atoms. The van der Waals surface area contributed by atoms with Crippen molar-refractivity contribution in [2.75, 3.05) is 6.61 Å². The summed E-state index contributed by atoms with van der Waals surface area (Å²) in [7, 11) is 0. The SMILES string of the molecule is CCOC(=O)c1nnc(-c2ccc(F)cn2)s1. The number of hydrogen-bond acceptors (Lipinski definition) is 6. The largest absolute Gasteiger partial charge is 0.461 e. The average molecular weight is 253 g/mol.